The maximum Gasteiger partial charge on any atom is 0.157 e. The molecule has 0 unspecified atom stereocenters. The molecule has 0 aliphatic carbocycles. The molecule has 0 atom stereocenters. The van der Waals surface area contributed by atoms with Crippen LogP contribution < -0.4 is 0 Å². The van der Waals surface area contributed by atoms with Gasteiger partial charge in [-0.1, -0.05) is 31.0 Å². The Balaban J connectivity index is 2.33. The van der Waals surface area contributed by atoms with Crippen molar-refractivity contribution in [1.29, 1.82) is 0 Å². The van der Waals surface area contributed by atoms with Gasteiger partial charge in [0, 0.05) is 0 Å². The maximum atomic E-state index is 9.70. The Morgan fingerprint density at radius 1 is 1.25 bits per heavy atom. The van der Waals surface area contributed by atoms with Crippen LogP contribution >= 0.6 is 0 Å². The number of benzene rings is 1. The van der Waals surface area contributed by atoms with Gasteiger partial charge in [-0.15, -0.1) is 0 Å². The minimum absolute atomic E-state index is 0.280. The molecule has 0 radical (unpaired) electrons. The van der Waals surface area contributed by atoms with Crippen LogP contribution in [0.15, 0.2) is 30.5 Å². The topological polar surface area (TPSA) is 38.0 Å². The Labute approximate surface area is 95.3 Å². The Kier molecular flexibility index (Phi) is 2.95. The molecule has 84 valence electrons. The summed E-state index contributed by atoms with van der Waals surface area (Å²) >= 11 is 0. The van der Waals surface area contributed by atoms with Crippen LogP contribution in [-0.4, -0.2) is 14.9 Å². The Morgan fingerprint density at radius 3 is 2.56 bits per heavy atom. The van der Waals surface area contributed by atoms with E-state index in [2.05, 4.69) is 12.0 Å². The molecule has 1 heterocycles. The summed E-state index contributed by atoms with van der Waals surface area (Å²) in [7, 11) is 0. The van der Waals surface area contributed by atoms with Crippen molar-refractivity contribution < 1.29 is 5.11 Å². The molecule has 16 heavy (non-hydrogen) atoms. The van der Waals surface area contributed by atoms with E-state index in [9.17, 15) is 5.11 Å². The molecule has 0 saturated carbocycles. The SMILES string of the molecule is CCCc1nn(-c2ccc(C)cc2)cc1O. The molecule has 2 aromatic rings. The van der Waals surface area contributed by atoms with E-state index in [1.807, 2.05) is 31.2 Å². The van der Waals surface area contributed by atoms with Crippen molar-refractivity contribution in [2.45, 2.75) is 26.7 Å². The third-order valence-electron chi connectivity index (χ3n) is 2.55. The van der Waals surface area contributed by atoms with E-state index >= 15 is 0 Å². The Bertz CT molecular complexity index is 471. The zero-order chi connectivity index (χ0) is 11.5. The zero-order valence-corrected chi connectivity index (χ0v) is 9.64. The molecule has 0 aliphatic rings. The van der Waals surface area contributed by atoms with Gasteiger partial charge in [0.2, 0.25) is 0 Å². The summed E-state index contributed by atoms with van der Waals surface area (Å²) in [6, 6.07) is 8.07. The van der Waals surface area contributed by atoms with Crippen molar-refractivity contribution in [3.05, 3.63) is 41.7 Å². The fraction of sp³-hybridized carbons (Fsp3) is 0.308. The van der Waals surface area contributed by atoms with Crippen molar-refractivity contribution in [2.75, 3.05) is 0 Å². The normalized spacial score (nSPS) is 10.6. The highest BCUT2D eigenvalue weighted by molar-refractivity contribution is 5.36. The summed E-state index contributed by atoms with van der Waals surface area (Å²) in [5.41, 5.74) is 2.96. The average Bonchev–Trinajstić information content (AvgIpc) is 2.62. The predicted octanol–water partition coefficient (Wildman–Crippen LogP) is 2.84. The highest BCUT2D eigenvalue weighted by atomic mass is 16.3. The predicted molar refractivity (Wildman–Crippen MR) is 64.0 cm³/mol. The van der Waals surface area contributed by atoms with Crippen LogP contribution in [0.25, 0.3) is 5.69 Å². The molecule has 2 rings (SSSR count). The second-order valence-electron chi connectivity index (χ2n) is 3.99. The van der Waals surface area contributed by atoms with Crippen molar-refractivity contribution in [3.8, 4) is 11.4 Å². The molecule has 0 amide bonds. The van der Waals surface area contributed by atoms with Crippen LogP contribution in [0.1, 0.15) is 24.6 Å². The van der Waals surface area contributed by atoms with Crippen LogP contribution in [0.3, 0.4) is 0 Å². The van der Waals surface area contributed by atoms with E-state index in [1.165, 1.54) is 5.56 Å². The standard InChI is InChI=1S/C13H16N2O/c1-3-4-12-13(16)9-15(14-12)11-7-5-10(2)6-8-11/h5-9,16H,3-4H2,1-2H3. The minimum Gasteiger partial charge on any atom is -0.504 e. The minimum atomic E-state index is 0.280. The van der Waals surface area contributed by atoms with E-state index in [0.717, 1.165) is 24.2 Å². The first-order chi connectivity index (χ1) is 7.70. The third-order valence-corrected chi connectivity index (χ3v) is 2.55. The van der Waals surface area contributed by atoms with Gasteiger partial charge in [-0.3, -0.25) is 0 Å². The Hall–Kier alpha value is -1.77. The van der Waals surface area contributed by atoms with E-state index in [0.29, 0.717) is 0 Å². The molecule has 1 N–H and O–H groups in total. The van der Waals surface area contributed by atoms with Gasteiger partial charge in [0.05, 0.1) is 11.9 Å². The van der Waals surface area contributed by atoms with Gasteiger partial charge in [-0.25, -0.2) is 4.68 Å². The first kappa shape index (κ1) is 10.7. The number of nitrogens with zero attached hydrogens (tertiary/aromatic N) is 2. The molecule has 0 bridgehead atoms. The summed E-state index contributed by atoms with van der Waals surface area (Å²) in [6.45, 7) is 4.12. The van der Waals surface area contributed by atoms with Gasteiger partial charge < -0.3 is 5.11 Å². The largest absolute Gasteiger partial charge is 0.504 e. The monoisotopic (exact) mass is 216 g/mol. The molecule has 0 spiro atoms. The van der Waals surface area contributed by atoms with Gasteiger partial charge >= 0.3 is 0 Å². The molecular weight excluding hydrogens is 200 g/mol. The fourth-order valence-corrected chi connectivity index (χ4v) is 1.65. The van der Waals surface area contributed by atoms with Crippen molar-refractivity contribution in [3.63, 3.8) is 0 Å². The number of hydrogen-bond acceptors (Lipinski definition) is 2. The van der Waals surface area contributed by atoms with Crippen LogP contribution in [0.2, 0.25) is 0 Å². The van der Waals surface area contributed by atoms with Gasteiger partial charge in [0.1, 0.15) is 5.69 Å². The van der Waals surface area contributed by atoms with E-state index in [4.69, 9.17) is 0 Å². The molecule has 0 saturated heterocycles. The highest BCUT2D eigenvalue weighted by Gasteiger charge is 2.07. The van der Waals surface area contributed by atoms with Crippen molar-refractivity contribution in [2.24, 2.45) is 0 Å². The van der Waals surface area contributed by atoms with Crippen LogP contribution in [0, 0.1) is 6.92 Å². The smallest absolute Gasteiger partial charge is 0.157 e. The highest BCUT2D eigenvalue weighted by Crippen LogP contribution is 2.19. The lowest BCUT2D eigenvalue weighted by atomic mass is 10.2. The summed E-state index contributed by atoms with van der Waals surface area (Å²) in [6.07, 6.45) is 3.46. The number of hydrogen-bond donors (Lipinski definition) is 1. The first-order valence-corrected chi connectivity index (χ1v) is 5.55. The molecule has 0 aliphatic heterocycles. The summed E-state index contributed by atoms with van der Waals surface area (Å²) in [5.74, 6) is 0.280. The summed E-state index contributed by atoms with van der Waals surface area (Å²) in [5, 5.41) is 14.1. The molecule has 3 heteroatoms. The first-order valence-electron chi connectivity index (χ1n) is 5.55. The summed E-state index contributed by atoms with van der Waals surface area (Å²) < 4.78 is 1.72. The second-order valence-corrected chi connectivity index (χ2v) is 3.99. The van der Waals surface area contributed by atoms with Gasteiger partial charge in [-0.2, -0.15) is 5.10 Å². The fourth-order valence-electron chi connectivity index (χ4n) is 1.65. The quantitative estimate of drug-likeness (QED) is 0.856. The van der Waals surface area contributed by atoms with Crippen LogP contribution in [-0.2, 0) is 6.42 Å². The molecule has 3 nitrogen and oxygen atoms in total. The summed E-state index contributed by atoms with van der Waals surface area (Å²) in [4.78, 5) is 0. The van der Waals surface area contributed by atoms with Crippen LogP contribution in [0.4, 0.5) is 0 Å². The third kappa shape index (κ3) is 2.08. The van der Waals surface area contributed by atoms with E-state index in [-0.39, 0.29) is 5.75 Å². The number of aryl methyl sites for hydroxylation is 2. The maximum absolute atomic E-state index is 9.70. The lowest BCUT2D eigenvalue weighted by Gasteiger charge is -2.00. The molecule has 0 fully saturated rings. The van der Waals surface area contributed by atoms with Gasteiger partial charge in [0.15, 0.2) is 5.75 Å². The molecule has 1 aromatic carbocycles. The Morgan fingerprint density at radius 2 is 1.94 bits per heavy atom. The van der Waals surface area contributed by atoms with Crippen LogP contribution in [0.5, 0.6) is 5.75 Å². The zero-order valence-electron chi connectivity index (χ0n) is 9.64. The molecular formula is C13H16N2O. The van der Waals surface area contributed by atoms with Crippen molar-refractivity contribution >= 4 is 0 Å². The van der Waals surface area contributed by atoms with Crippen molar-refractivity contribution in [1.82, 2.24) is 9.78 Å². The van der Waals surface area contributed by atoms with Gasteiger partial charge in [0.25, 0.3) is 0 Å². The molecule has 1 aromatic heterocycles. The second kappa shape index (κ2) is 4.39. The lowest BCUT2D eigenvalue weighted by molar-refractivity contribution is 0.467. The number of rotatable bonds is 3. The number of aromatic nitrogens is 2. The van der Waals surface area contributed by atoms with Gasteiger partial charge in [-0.05, 0) is 25.5 Å². The number of aromatic hydroxyl groups is 1. The lowest BCUT2D eigenvalue weighted by Crippen LogP contribution is -1.95. The van der Waals surface area contributed by atoms with E-state index < -0.39 is 0 Å². The van der Waals surface area contributed by atoms with E-state index in [1.54, 1.807) is 10.9 Å². The average molecular weight is 216 g/mol.